The van der Waals surface area contributed by atoms with Crippen LogP contribution < -0.4 is 5.32 Å². The Morgan fingerprint density at radius 2 is 1.69 bits per heavy atom. The van der Waals surface area contributed by atoms with E-state index in [4.69, 9.17) is 9.66 Å². The molecule has 0 radical (unpaired) electrons. The van der Waals surface area contributed by atoms with E-state index in [1.807, 2.05) is 48.5 Å². The van der Waals surface area contributed by atoms with Crippen LogP contribution in [0.5, 0.6) is 0 Å². The second-order valence-corrected chi connectivity index (χ2v) is 8.50. The van der Waals surface area contributed by atoms with Crippen LogP contribution in [0, 0.1) is 0 Å². The van der Waals surface area contributed by atoms with Crippen LogP contribution in [-0.4, -0.2) is 31.4 Å². The molecule has 0 saturated heterocycles. The van der Waals surface area contributed by atoms with Crippen LogP contribution in [0.3, 0.4) is 0 Å². The Morgan fingerprint density at radius 3 is 2.28 bits per heavy atom. The predicted octanol–water partition coefficient (Wildman–Crippen LogP) is 4.08. The Hall–Kier alpha value is -2.39. The summed E-state index contributed by atoms with van der Waals surface area (Å²) in [6, 6.07) is 15.5. The van der Waals surface area contributed by atoms with E-state index in [9.17, 15) is 9.00 Å². The van der Waals surface area contributed by atoms with Gasteiger partial charge in [-0.2, -0.15) is 0 Å². The number of aliphatic hydroxyl groups excluding tert-OH is 1. The van der Waals surface area contributed by atoms with Crippen LogP contribution in [-0.2, 0) is 28.0 Å². The molecular formula is C21H22N2O4S2. The van der Waals surface area contributed by atoms with Crippen molar-refractivity contribution in [3.05, 3.63) is 59.7 Å². The molecule has 6 nitrogen and oxygen atoms in total. The standard InChI is InChI=1S/C21H22N2O4S2/c1-14(25)22-21-23-19(17-8-4-15(5-9-17)3-2-12-24)20(28-21)18-10-6-16(7-11-18)13-29(26)27/h4-11,24H,2-3,12-13H2,1H3,(H,26,27)(H,22,23,25). The van der Waals surface area contributed by atoms with Gasteiger partial charge in [0.05, 0.1) is 16.3 Å². The molecule has 29 heavy (non-hydrogen) atoms. The lowest BCUT2D eigenvalue weighted by molar-refractivity contribution is -0.114. The first-order valence-electron chi connectivity index (χ1n) is 9.11. The minimum Gasteiger partial charge on any atom is -0.396 e. The van der Waals surface area contributed by atoms with Gasteiger partial charge in [-0.15, -0.1) is 0 Å². The Balaban J connectivity index is 1.96. The summed E-state index contributed by atoms with van der Waals surface area (Å²) >= 11 is -0.494. The van der Waals surface area contributed by atoms with Gasteiger partial charge in [-0.05, 0) is 29.5 Å². The van der Waals surface area contributed by atoms with Crippen LogP contribution >= 0.6 is 11.3 Å². The lowest BCUT2D eigenvalue weighted by atomic mass is 10.0. The van der Waals surface area contributed by atoms with Crippen molar-refractivity contribution in [2.45, 2.75) is 25.5 Å². The SMILES string of the molecule is CC(=O)Nc1nc(-c2ccc(CCCO)cc2)c(-c2ccc(CS(=O)O)cc2)s1. The van der Waals surface area contributed by atoms with Crippen molar-refractivity contribution >= 4 is 33.5 Å². The number of aromatic nitrogens is 1. The van der Waals surface area contributed by atoms with Crippen LogP contribution in [0.15, 0.2) is 48.5 Å². The molecular weight excluding hydrogens is 408 g/mol. The maximum Gasteiger partial charge on any atom is 0.223 e. The third-order valence-electron chi connectivity index (χ3n) is 4.27. The number of hydrogen-bond acceptors (Lipinski definition) is 5. The molecule has 152 valence electrons. The third-order valence-corrected chi connectivity index (χ3v) is 5.87. The van der Waals surface area contributed by atoms with Crippen LogP contribution in [0.25, 0.3) is 21.7 Å². The van der Waals surface area contributed by atoms with Gasteiger partial charge in [-0.3, -0.25) is 4.79 Å². The average molecular weight is 431 g/mol. The molecule has 8 heteroatoms. The number of nitrogens with one attached hydrogen (secondary N) is 1. The van der Waals surface area contributed by atoms with Crippen molar-refractivity contribution in [2.75, 3.05) is 11.9 Å². The van der Waals surface area contributed by atoms with E-state index < -0.39 is 11.1 Å². The molecule has 0 aliphatic rings. The molecule has 0 saturated carbocycles. The quantitative estimate of drug-likeness (QED) is 0.468. The zero-order valence-electron chi connectivity index (χ0n) is 15.9. The molecule has 0 spiro atoms. The molecule has 3 aromatic rings. The first-order valence-corrected chi connectivity index (χ1v) is 11.2. The highest BCUT2D eigenvalue weighted by atomic mass is 32.2. The highest BCUT2D eigenvalue weighted by Crippen LogP contribution is 2.39. The summed E-state index contributed by atoms with van der Waals surface area (Å²) in [6.45, 7) is 1.61. The van der Waals surface area contributed by atoms with Crippen molar-refractivity contribution in [1.82, 2.24) is 4.98 Å². The summed E-state index contributed by atoms with van der Waals surface area (Å²) in [5.74, 6) is -0.0978. The summed E-state index contributed by atoms with van der Waals surface area (Å²) in [5, 5.41) is 12.3. The monoisotopic (exact) mass is 430 g/mol. The Bertz CT molecular complexity index is 999. The second-order valence-electron chi connectivity index (χ2n) is 6.56. The first-order chi connectivity index (χ1) is 14.0. The maximum absolute atomic E-state index is 11.5. The Labute approximate surface area is 175 Å². The van der Waals surface area contributed by atoms with Gasteiger partial charge in [0, 0.05) is 19.1 Å². The number of aryl methyl sites for hydroxylation is 1. The number of rotatable bonds is 8. The highest BCUT2D eigenvalue weighted by molar-refractivity contribution is 7.78. The van der Waals surface area contributed by atoms with Crippen molar-refractivity contribution in [2.24, 2.45) is 0 Å². The maximum atomic E-state index is 11.5. The largest absolute Gasteiger partial charge is 0.396 e. The van der Waals surface area contributed by atoms with E-state index in [2.05, 4.69) is 10.3 Å². The van der Waals surface area contributed by atoms with E-state index in [0.29, 0.717) is 5.13 Å². The normalized spacial score (nSPS) is 12.0. The topological polar surface area (TPSA) is 99.5 Å². The number of carbonyl (C=O) groups excluding carboxylic acids is 1. The van der Waals surface area contributed by atoms with Crippen LogP contribution in [0.4, 0.5) is 5.13 Å². The van der Waals surface area contributed by atoms with Crippen molar-refractivity contribution < 1.29 is 18.7 Å². The number of thiazole rings is 1. The van der Waals surface area contributed by atoms with Crippen molar-refractivity contribution in [3.63, 3.8) is 0 Å². The lowest BCUT2D eigenvalue weighted by Gasteiger charge is -2.06. The third kappa shape index (κ3) is 5.80. The Kier molecular flexibility index (Phi) is 7.27. The number of amides is 1. The van der Waals surface area contributed by atoms with Gasteiger partial charge < -0.3 is 15.0 Å². The number of carbonyl (C=O) groups is 1. The van der Waals surface area contributed by atoms with Gasteiger partial charge in [-0.25, -0.2) is 9.19 Å². The van der Waals surface area contributed by atoms with E-state index in [0.717, 1.165) is 45.7 Å². The Morgan fingerprint density at radius 1 is 1.07 bits per heavy atom. The molecule has 0 bridgehead atoms. The molecule has 3 rings (SSSR count). The molecule has 3 N–H and O–H groups in total. The number of anilines is 1. The fourth-order valence-corrected chi connectivity index (χ4v) is 4.44. The molecule has 2 aromatic carbocycles. The van der Waals surface area contributed by atoms with Gasteiger partial charge in [0.25, 0.3) is 0 Å². The fraction of sp³-hybridized carbons (Fsp3) is 0.238. The molecule has 0 aliphatic heterocycles. The number of nitrogens with zero attached hydrogens (tertiary/aromatic N) is 1. The number of aliphatic hydroxyl groups is 1. The first kappa shape index (κ1) is 21.3. The van der Waals surface area contributed by atoms with Crippen LogP contribution in [0.1, 0.15) is 24.5 Å². The number of benzene rings is 2. The molecule has 1 heterocycles. The van der Waals surface area contributed by atoms with Crippen LogP contribution in [0.2, 0.25) is 0 Å². The average Bonchev–Trinajstić information content (AvgIpc) is 3.10. The zero-order chi connectivity index (χ0) is 20.8. The van der Waals surface area contributed by atoms with Crippen molar-refractivity contribution in [3.8, 4) is 21.7 Å². The van der Waals surface area contributed by atoms with Gasteiger partial charge in [0.1, 0.15) is 0 Å². The zero-order valence-corrected chi connectivity index (χ0v) is 17.6. The van der Waals surface area contributed by atoms with E-state index in [1.165, 1.54) is 18.3 Å². The lowest BCUT2D eigenvalue weighted by Crippen LogP contribution is -2.04. The fourth-order valence-electron chi connectivity index (χ4n) is 2.92. The molecule has 0 aliphatic carbocycles. The van der Waals surface area contributed by atoms with Gasteiger partial charge >= 0.3 is 0 Å². The van der Waals surface area contributed by atoms with E-state index >= 15 is 0 Å². The predicted molar refractivity (Wildman–Crippen MR) is 117 cm³/mol. The summed E-state index contributed by atoms with van der Waals surface area (Å²) in [6.07, 6.45) is 1.53. The minimum atomic E-state index is -1.88. The minimum absolute atomic E-state index is 0.0856. The van der Waals surface area contributed by atoms with E-state index in [1.54, 1.807) is 0 Å². The second kappa shape index (κ2) is 9.89. The van der Waals surface area contributed by atoms with E-state index in [-0.39, 0.29) is 18.3 Å². The summed E-state index contributed by atoms with van der Waals surface area (Å²) < 4.78 is 20.1. The molecule has 0 fully saturated rings. The van der Waals surface area contributed by atoms with Gasteiger partial charge in [0.2, 0.25) is 5.91 Å². The van der Waals surface area contributed by atoms with Gasteiger partial charge in [0.15, 0.2) is 16.2 Å². The van der Waals surface area contributed by atoms with Gasteiger partial charge in [-0.1, -0.05) is 59.9 Å². The smallest absolute Gasteiger partial charge is 0.223 e. The summed E-state index contributed by atoms with van der Waals surface area (Å²) in [7, 11) is 0. The molecule has 1 atom stereocenters. The molecule has 1 aromatic heterocycles. The molecule has 1 amide bonds. The summed E-state index contributed by atoms with van der Waals surface area (Å²) in [5.41, 5.74) is 4.54. The molecule has 1 unspecified atom stereocenters. The number of hydrogen-bond donors (Lipinski definition) is 3. The summed E-state index contributed by atoms with van der Waals surface area (Å²) in [4.78, 5) is 17.0. The van der Waals surface area contributed by atoms with Crippen molar-refractivity contribution in [1.29, 1.82) is 0 Å². The highest BCUT2D eigenvalue weighted by Gasteiger charge is 2.16.